The summed E-state index contributed by atoms with van der Waals surface area (Å²) in [5, 5.41) is 20.7. The second-order valence-corrected chi connectivity index (χ2v) is 12.1. The molecule has 0 radical (unpaired) electrons. The molecule has 0 saturated carbocycles. The maximum Gasteiger partial charge on any atom is 0.306 e. The van der Waals surface area contributed by atoms with Gasteiger partial charge >= 0.3 is 5.97 Å². The first-order valence-corrected chi connectivity index (χ1v) is 15.3. The summed E-state index contributed by atoms with van der Waals surface area (Å²) in [5.41, 5.74) is 3.01. The fraction of sp³-hybridized carbons (Fsp3) is 0.788. The number of benzene rings is 1. The molecule has 1 unspecified atom stereocenters. The van der Waals surface area contributed by atoms with Gasteiger partial charge < -0.3 is 10.2 Å². The van der Waals surface area contributed by atoms with E-state index in [2.05, 4.69) is 46.8 Å². The first kappa shape index (κ1) is 32.5. The van der Waals surface area contributed by atoms with Gasteiger partial charge in [0, 0.05) is 0 Å². The van der Waals surface area contributed by atoms with Crippen molar-refractivity contribution in [3.8, 4) is 5.75 Å². The molecule has 1 atom stereocenters. The Morgan fingerprint density at radius 3 is 1.42 bits per heavy atom. The number of unbranched alkanes of at least 4 members (excludes halogenated alkanes) is 13. The van der Waals surface area contributed by atoms with E-state index in [9.17, 15) is 15.0 Å². The van der Waals surface area contributed by atoms with E-state index in [4.69, 9.17) is 0 Å². The third-order valence-corrected chi connectivity index (χ3v) is 7.32. The summed E-state index contributed by atoms with van der Waals surface area (Å²) in [6.45, 7) is 10.9. The Hall–Kier alpha value is -1.51. The summed E-state index contributed by atoms with van der Waals surface area (Å²) in [4.78, 5) is 12.0. The van der Waals surface area contributed by atoms with Crippen LogP contribution in [0.4, 0.5) is 0 Å². The number of phenolic OH excluding ortho intramolecular Hbond substituents is 1. The van der Waals surface area contributed by atoms with E-state index in [1.807, 2.05) is 0 Å². The minimum atomic E-state index is -0.686. The van der Waals surface area contributed by atoms with Crippen LogP contribution in [0, 0.1) is 17.8 Å². The third-order valence-electron chi connectivity index (χ3n) is 7.32. The summed E-state index contributed by atoms with van der Waals surface area (Å²) in [7, 11) is 0. The number of phenols is 1. The van der Waals surface area contributed by atoms with Gasteiger partial charge in [0.05, 0.1) is 5.92 Å². The largest absolute Gasteiger partial charge is 0.507 e. The molecule has 0 bridgehead atoms. The monoisotopic (exact) mass is 502 g/mol. The van der Waals surface area contributed by atoms with Gasteiger partial charge in [-0.3, -0.25) is 4.79 Å². The molecule has 3 nitrogen and oxygen atoms in total. The SMILES string of the molecule is CCCCCCCCCCCCCCCCC(Cc1cc(CC(C)C)c(O)c(CC(C)C)c1)C(=O)O. The highest BCUT2D eigenvalue weighted by atomic mass is 16.4. The van der Waals surface area contributed by atoms with E-state index in [0.717, 1.165) is 48.8 Å². The lowest BCUT2D eigenvalue weighted by Crippen LogP contribution is -2.17. The molecular formula is C33H58O3. The second-order valence-electron chi connectivity index (χ2n) is 12.1. The highest BCUT2D eigenvalue weighted by Crippen LogP contribution is 2.30. The Balaban J connectivity index is 2.39. The van der Waals surface area contributed by atoms with Gasteiger partial charge in [-0.15, -0.1) is 0 Å². The van der Waals surface area contributed by atoms with Crippen molar-refractivity contribution in [3.05, 3.63) is 28.8 Å². The van der Waals surface area contributed by atoms with Crippen LogP contribution in [-0.4, -0.2) is 16.2 Å². The van der Waals surface area contributed by atoms with Gasteiger partial charge in [0.1, 0.15) is 5.75 Å². The Morgan fingerprint density at radius 2 is 1.06 bits per heavy atom. The van der Waals surface area contributed by atoms with Gasteiger partial charge in [-0.1, -0.05) is 137 Å². The number of aromatic hydroxyl groups is 1. The van der Waals surface area contributed by atoms with Crippen LogP contribution in [0.2, 0.25) is 0 Å². The first-order valence-electron chi connectivity index (χ1n) is 15.3. The molecule has 3 heteroatoms. The molecule has 1 rings (SSSR count). The summed E-state index contributed by atoms with van der Waals surface area (Å²) in [5.74, 6) is 0.284. The molecule has 0 aromatic heterocycles. The van der Waals surface area contributed by atoms with Crippen LogP contribution in [0.1, 0.15) is 148 Å². The predicted octanol–water partition coefficient (Wildman–Crippen LogP) is 9.90. The number of carboxylic acid groups (broad SMARTS) is 1. The zero-order valence-corrected chi connectivity index (χ0v) is 24.4. The molecule has 0 spiro atoms. The quantitative estimate of drug-likeness (QED) is 0.155. The molecule has 0 saturated heterocycles. The Labute approximate surface area is 223 Å². The fourth-order valence-corrected chi connectivity index (χ4v) is 5.32. The van der Waals surface area contributed by atoms with Crippen LogP contribution in [0.25, 0.3) is 0 Å². The van der Waals surface area contributed by atoms with Crippen LogP contribution >= 0.6 is 0 Å². The fourth-order valence-electron chi connectivity index (χ4n) is 5.32. The average molecular weight is 503 g/mol. The van der Waals surface area contributed by atoms with Crippen molar-refractivity contribution in [2.75, 3.05) is 0 Å². The molecule has 0 heterocycles. The van der Waals surface area contributed by atoms with E-state index < -0.39 is 5.97 Å². The van der Waals surface area contributed by atoms with Crippen molar-refractivity contribution in [3.63, 3.8) is 0 Å². The van der Waals surface area contributed by atoms with E-state index >= 15 is 0 Å². The van der Waals surface area contributed by atoms with E-state index in [1.54, 1.807) is 0 Å². The van der Waals surface area contributed by atoms with Gasteiger partial charge in [0.25, 0.3) is 0 Å². The first-order chi connectivity index (χ1) is 17.2. The van der Waals surface area contributed by atoms with Crippen molar-refractivity contribution in [2.24, 2.45) is 17.8 Å². The molecule has 0 fully saturated rings. The molecule has 0 amide bonds. The van der Waals surface area contributed by atoms with E-state index in [0.29, 0.717) is 24.0 Å². The lowest BCUT2D eigenvalue weighted by atomic mass is 9.88. The van der Waals surface area contributed by atoms with Crippen LogP contribution in [0.3, 0.4) is 0 Å². The Kier molecular flexibility index (Phi) is 17.7. The molecule has 0 aliphatic heterocycles. The molecule has 2 N–H and O–H groups in total. The number of hydrogen-bond acceptors (Lipinski definition) is 2. The lowest BCUT2D eigenvalue weighted by Gasteiger charge is -2.18. The van der Waals surface area contributed by atoms with Gasteiger partial charge in [-0.25, -0.2) is 0 Å². The molecule has 1 aromatic carbocycles. The topological polar surface area (TPSA) is 57.5 Å². The molecular weight excluding hydrogens is 444 g/mol. The minimum absolute atomic E-state index is 0.342. The van der Waals surface area contributed by atoms with Crippen molar-refractivity contribution in [1.82, 2.24) is 0 Å². The van der Waals surface area contributed by atoms with Crippen LogP contribution < -0.4 is 0 Å². The minimum Gasteiger partial charge on any atom is -0.507 e. The third kappa shape index (κ3) is 14.9. The molecule has 1 aromatic rings. The second kappa shape index (κ2) is 19.6. The highest BCUT2D eigenvalue weighted by Gasteiger charge is 2.20. The van der Waals surface area contributed by atoms with Gasteiger partial charge in [-0.05, 0) is 54.2 Å². The van der Waals surface area contributed by atoms with Crippen LogP contribution in [0.15, 0.2) is 12.1 Å². The number of carbonyl (C=O) groups is 1. The van der Waals surface area contributed by atoms with Crippen molar-refractivity contribution >= 4 is 5.97 Å². The number of carboxylic acids is 1. The maximum atomic E-state index is 12.0. The molecule has 208 valence electrons. The van der Waals surface area contributed by atoms with Crippen LogP contribution in [0.5, 0.6) is 5.75 Å². The van der Waals surface area contributed by atoms with E-state index in [1.165, 1.54) is 77.0 Å². The maximum absolute atomic E-state index is 12.0. The standard InChI is InChI=1S/C33H58O3/c1-6-7-8-9-10-11-12-13-14-15-16-17-18-19-20-29(33(35)36)23-28-24-30(21-26(2)3)32(34)31(25-28)22-27(4)5/h24-27,29,34H,6-23H2,1-5H3,(H,35,36). The molecule has 0 aliphatic rings. The van der Waals surface area contributed by atoms with Crippen molar-refractivity contribution in [1.29, 1.82) is 0 Å². The number of rotatable bonds is 22. The Bertz CT molecular complexity index is 676. The number of hydrogen-bond donors (Lipinski definition) is 2. The Morgan fingerprint density at radius 1 is 0.667 bits per heavy atom. The number of aliphatic carboxylic acids is 1. The summed E-state index contributed by atoms with van der Waals surface area (Å²) < 4.78 is 0. The average Bonchev–Trinajstić information content (AvgIpc) is 2.80. The summed E-state index contributed by atoms with van der Waals surface area (Å²) >= 11 is 0. The zero-order valence-electron chi connectivity index (χ0n) is 24.4. The van der Waals surface area contributed by atoms with Crippen molar-refractivity contribution < 1.29 is 15.0 Å². The summed E-state index contributed by atoms with van der Waals surface area (Å²) in [6, 6.07) is 4.11. The summed E-state index contributed by atoms with van der Waals surface area (Å²) in [6.07, 6.45) is 21.4. The zero-order chi connectivity index (χ0) is 26.8. The normalized spacial score (nSPS) is 12.5. The molecule has 0 aliphatic carbocycles. The highest BCUT2D eigenvalue weighted by molar-refractivity contribution is 5.70. The predicted molar refractivity (Wildman–Crippen MR) is 155 cm³/mol. The van der Waals surface area contributed by atoms with E-state index in [-0.39, 0.29) is 5.92 Å². The van der Waals surface area contributed by atoms with Gasteiger partial charge in [0.2, 0.25) is 0 Å². The van der Waals surface area contributed by atoms with Gasteiger partial charge in [-0.2, -0.15) is 0 Å². The van der Waals surface area contributed by atoms with Crippen LogP contribution in [-0.2, 0) is 24.1 Å². The molecule has 36 heavy (non-hydrogen) atoms. The lowest BCUT2D eigenvalue weighted by molar-refractivity contribution is -0.142. The van der Waals surface area contributed by atoms with Crippen molar-refractivity contribution in [2.45, 2.75) is 150 Å². The smallest absolute Gasteiger partial charge is 0.306 e. The van der Waals surface area contributed by atoms with Gasteiger partial charge in [0.15, 0.2) is 0 Å².